The van der Waals surface area contributed by atoms with E-state index in [1.807, 2.05) is 43.3 Å². The Balaban J connectivity index is 0.00000380. The molecule has 7 nitrogen and oxygen atoms in total. The van der Waals surface area contributed by atoms with Gasteiger partial charge in [-0.25, -0.2) is 4.79 Å². The molecular weight excluding hydrogens is 492 g/mol. The Morgan fingerprint density at radius 2 is 1.84 bits per heavy atom. The van der Waals surface area contributed by atoms with Crippen molar-refractivity contribution in [3.05, 3.63) is 75.6 Å². The first-order chi connectivity index (χ1) is 17.3. The Morgan fingerprint density at radius 1 is 1.11 bits per heavy atom. The molecule has 1 aromatic heterocycles. The molecule has 2 aromatic carbocycles. The minimum absolute atomic E-state index is 0. The molecule has 1 atom stereocenters. The van der Waals surface area contributed by atoms with Gasteiger partial charge >= 0.3 is 5.63 Å². The van der Waals surface area contributed by atoms with Gasteiger partial charge in [0.25, 0.3) is 0 Å². The number of primary amides is 1. The van der Waals surface area contributed by atoms with Crippen molar-refractivity contribution in [2.75, 3.05) is 26.2 Å². The lowest BCUT2D eigenvalue weighted by atomic mass is 9.88. The van der Waals surface area contributed by atoms with E-state index in [4.69, 9.17) is 14.9 Å². The predicted molar refractivity (Wildman–Crippen MR) is 147 cm³/mol. The number of nitrogens with two attached hydrogens (primary N) is 1. The van der Waals surface area contributed by atoms with Crippen molar-refractivity contribution in [2.24, 2.45) is 5.73 Å². The number of hydrogen-bond acceptors (Lipinski definition) is 6. The van der Waals surface area contributed by atoms with Crippen LogP contribution in [0.2, 0.25) is 0 Å². The van der Waals surface area contributed by atoms with Crippen LogP contribution >= 0.6 is 12.4 Å². The summed E-state index contributed by atoms with van der Waals surface area (Å²) in [6, 6.07) is 14.8. The van der Waals surface area contributed by atoms with E-state index in [0.29, 0.717) is 18.6 Å². The largest absolute Gasteiger partial charge is 0.494 e. The van der Waals surface area contributed by atoms with E-state index in [1.165, 1.54) is 32.4 Å². The normalized spacial score (nSPS) is 15.6. The van der Waals surface area contributed by atoms with Crippen LogP contribution in [0.4, 0.5) is 0 Å². The van der Waals surface area contributed by atoms with Crippen molar-refractivity contribution in [3.63, 3.8) is 0 Å². The van der Waals surface area contributed by atoms with Crippen LogP contribution in [0.25, 0.3) is 11.0 Å². The smallest absolute Gasteiger partial charge is 0.339 e. The van der Waals surface area contributed by atoms with Crippen molar-refractivity contribution in [2.45, 2.75) is 57.5 Å². The molecule has 8 heteroatoms. The zero-order chi connectivity index (χ0) is 25.5. The molecule has 3 N–H and O–H groups in total. The van der Waals surface area contributed by atoms with E-state index in [0.717, 1.165) is 35.2 Å². The van der Waals surface area contributed by atoms with Gasteiger partial charge in [0.15, 0.2) is 0 Å². The van der Waals surface area contributed by atoms with Gasteiger partial charge in [0.2, 0.25) is 5.91 Å². The number of amides is 1. The molecule has 4 rings (SSSR count). The van der Waals surface area contributed by atoms with E-state index in [1.54, 1.807) is 12.1 Å². The van der Waals surface area contributed by atoms with Crippen LogP contribution in [0.3, 0.4) is 0 Å². The van der Waals surface area contributed by atoms with Gasteiger partial charge in [0.1, 0.15) is 16.9 Å². The lowest BCUT2D eigenvalue weighted by Crippen LogP contribution is -2.47. The van der Waals surface area contributed by atoms with Gasteiger partial charge in [0.05, 0.1) is 6.61 Å². The summed E-state index contributed by atoms with van der Waals surface area (Å²) in [6.45, 7) is 6.04. The molecule has 200 valence electrons. The van der Waals surface area contributed by atoms with Crippen LogP contribution in [0.5, 0.6) is 5.75 Å². The number of halogens is 1. The van der Waals surface area contributed by atoms with E-state index >= 15 is 0 Å². The Morgan fingerprint density at radius 3 is 2.54 bits per heavy atom. The molecule has 3 aromatic rings. The predicted octanol–water partition coefficient (Wildman–Crippen LogP) is 4.17. The number of aliphatic hydroxyl groups is 1. The molecule has 0 saturated carbocycles. The second-order valence-electron chi connectivity index (χ2n) is 9.92. The number of rotatable bonds is 11. The van der Waals surface area contributed by atoms with Crippen molar-refractivity contribution in [1.82, 2.24) is 4.90 Å². The molecule has 1 aliphatic heterocycles. The summed E-state index contributed by atoms with van der Waals surface area (Å²) in [5, 5.41) is 11.8. The van der Waals surface area contributed by atoms with Crippen LogP contribution < -0.4 is 16.1 Å². The van der Waals surface area contributed by atoms with Gasteiger partial charge in [0, 0.05) is 23.9 Å². The van der Waals surface area contributed by atoms with E-state index in [9.17, 15) is 14.7 Å². The molecule has 0 bridgehead atoms. The molecule has 37 heavy (non-hydrogen) atoms. The SMILES string of the molecule is Cc1ccc2cc(CC(O)(CCc3ccc(OCCCN4CCCCC4)cc3)C(N)=O)c(=O)oc2c1.Cl. The van der Waals surface area contributed by atoms with E-state index in [-0.39, 0.29) is 30.8 Å². The fraction of sp³-hybridized carbons (Fsp3) is 0.448. The topological polar surface area (TPSA) is 106 Å². The van der Waals surface area contributed by atoms with Gasteiger partial charge in [-0.2, -0.15) is 0 Å². The van der Waals surface area contributed by atoms with Crippen LogP contribution in [0.1, 0.15) is 48.8 Å². The Bertz CT molecular complexity index is 1240. The monoisotopic (exact) mass is 528 g/mol. The maximum atomic E-state index is 12.5. The highest BCUT2D eigenvalue weighted by atomic mass is 35.5. The first-order valence-electron chi connectivity index (χ1n) is 12.8. The number of fused-ring (bicyclic) bond motifs is 1. The molecule has 1 amide bonds. The number of benzene rings is 2. The third-order valence-electron chi connectivity index (χ3n) is 6.99. The molecule has 0 radical (unpaired) electrons. The van der Waals surface area contributed by atoms with Crippen LogP contribution in [0.15, 0.2) is 57.7 Å². The molecule has 0 spiro atoms. The fourth-order valence-corrected chi connectivity index (χ4v) is 4.76. The number of nitrogens with zero attached hydrogens (tertiary/aromatic N) is 1. The number of carbonyl (C=O) groups excluding carboxylic acids is 1. The van der Waals surface area contributed by atoms with Gasteiger partial charge in [-0.3, -0.25) is 4.79 Å². The van der Waals surface area contributed by atoms with Gasteiger partial charge in [-0.1, -0.05) is 30.7 Å². The standard InChI is InChI=1S/C29H36N2O5.ClH/c1-21-6-9-23-19-24(27(32)36-26(23)18-21)20-29(34,28(30)33)13-12-22-7-10-25(11-8-22)35-17-5-16-31-14-3-2-4-15-31;/h6-11,18-19,34H,2-5,12-17,20H2,1H3,(H2,30,33);1H. The van der Waals surface area contributed by atoms with Gasteiger partial charge in [-0.15, -0.1) is 12.4 Å². The molecule has 0 aliphatic carbocycles. The van der Waals surface area contributed by atoms with E-state index < -0.39 is 17.1 Å². The zero-order valence-electron chi connectivity index (χ0n) is 21.4. The molecular formula is C29H37ClN2O5. The van der Waals surface area contributed by atoms with Gasteiger partial charge < -0.3 is 24.9 Å². The highest BCUT2D eigenvalue weighted by Crippen LogP contribution is 2.23. The summed E-state index contributed by atoms with van der Waals surface area (Å²) >= 11 is 0. The third-order valence-corrected chi connectivity index (χ3v) is 6.99. The average Bonchev–Trinajstić information content (AvgIpc) is 2.87. The number of carbonyl (C=O) groups is 1. The summed E-state index contributed by atoms with van der Waals surface area (Å²) in [5.74, 6) is -0.0638. The minimum atomic E-state index is -1.86. The van der Waals surface area contributed by atoms with Crippen molar-refractivity contribution in [1.29, 1.82) is 0 Å². The quantitative estimate of drug-likeness (QED) is 0.286. The highest BCUT2D eigenvalue weighted by Gasteiger charge is 2.35. The summed E-state index contributed by atoms with van der Waals surface area (Å²) in [7, 11) is 0. The Labute approximate surface area is 224 Å². The highest BCUT2D eigenvalue weighted by molar-refractivity contribution is 5.85. The van der Waals surface area contributed by atoms with Gasteiger partial charge in [-0.05, 0) is 87.5 Å². The average molecular weight is 529 g/mol. The van der Waals surface area contributed by atoms with Crippen LogP contribution in [-0.4, -0.2) is 47.8 Å². The summed E-state index contributed by atoms with van der Waals surface area (Å²) in [4.78, 5) is 27.2. The number of likely N-dealkylation sites (tertiary alicyclic amines) is 1. The fourth-order valence-electron chi connectivity index (χ4n) is 4.76. The van der Waals surface area contributed by atoms with Crippen LogP contribution in [0, 0.1) is 6.92 Å². The molecule has 1 fully saturated rings. The summed E-state index contributed by atoms with van der Waals surface area (Å²) in [5.41, 5.74) is 5.74. The van der Waals surface area contributed by atoms with Crippen molar-refractivity contribution in [3.8, 4) is 5.75 Å². The number of aryl methyl sites for hydroxylation is 2. The summed E-state index contributed by atoms with van der Waals surface area (Å²) in [6.07, 6.45) is 5.24. The van der Waals surface area contributed by atoms with E-state index in [2.05, 4.69) is 4.90 Å². The molecule has 1 aliphatic rings. The molecule has 2 heterocycles. The summed E-state index contributed by atoms with van der Waals surface area (Å²) < 4.78 is 11.3. The third kappa shape index (κ3) is 7.81. The Hall–Kier alpha value is -2.87. The lowest BCUT2D eigenvalue weighted by molar-refractivity contribution is -0.136. The second-order valence-corrected chi connectivity index (χ2v) is 9.92. The minimum Gasteiger partial charge on any atom is -0.494 e. The molecule has 1 saturated heterocycles. The molecule has 1 unspecified atom stereocenters. The number of hydrogen-bond donors (Lipinski definition) is 2. The zero-order valence-corrected chi connectivity index (χ0v) is 22.2. The lowest BCUT2D eigenvalue weighted by Gasteiger charge is -2.26. The maximum absolute atomic E-state index is 12.5. The number of ether oxygens (including phenoxy) is 1. The maximum Gasteiger partial charge on any atom is 0.339 e. The van der Waals surface area contributed by atoms with Crippen molar-refractivity contribution >= 4 is 29.3 Å². The number of piperidine rings is 1. The Kier molecular flexibility index (Phi) is 10.1. The first kappa shape index (κ1) is 28.7. The van der Waals surface area contributed by atoms with Crippen molar-refractivity contribution < 1.29 is 19.1 Å². The second kappa shape index (κ2) is 13.1. The first-order valence-corrected chi connectivity index (χ1v) is 12.8. The van der Waals surface area contributed by atoms with Crippen LogP contribution in [-0.2, 0) is 17.6 Å².